The lowest BCUT2D eigenvalue weighted by molar-refractivity contribution is -0.383. The zero-order chi connectivity index (χ0) is 13.1. The molecule has 0 aromatic heterocycles. The number of benzene rings is 2. The molecule has 0 amide bonds. The summed E-state index contributed by atoms with van der Waals surface area (Å²) in [5, 5.41) is 10.6. The van der Waals surface area contributed by atoms with Crippen LogP contribution in [0.5, 0.6) is 11.5 Å². The summed E-state index contributed by atoms with van der Waals surface area (Å²) in [6.45, 7) is 1.96. The molecular weight excluding hydrogens is 232 g/mol. The molecule has 0 spiro atoms. The first-order valence-corrected chi connectivity index (χ1v) is 5.35. The van der Waals surface area contributed by atoms with Crippen molar-refractivity contribution >= 4 is 11.4 Å². The monoisotopic (exact) mass is 244 g/mol. The molecule has 2 aromatic rings. The van der Waals surface area contributed by atoms with Crippen LogP contribution in [0.1, 0.15) is 5.56 Å². The van der Waals surface area contributed by atoms with Crippen LogP contribution in [-0.2, 0) is 0 Å². The molecule has 0 fully saturated rings. The van der Waals surface area contributed by atoms with E-state index in [1.807, 2.05) is 31.2 Å². The third-order valence-corrected chi connectivity index (χ3v) is 2.42. The van der Waals surface area contributed by atoms with Crippen molar-refractivity contribution in [1.82, 2.24) is 0 Å². The number of nitro groups is 1. The van der Waals surface area contributed by atoms with E-state index in [1.54, 1.807) is 0 Å². The Balaban J connectivity index is 2.25. The molecule has 2 rings (SSSR count). The lowest BCUT2D eigenvalue weighted by Gasteiger charge is -2.07. The van der Waals surface area contributed by atoms with Crippen LogP contribution in [0, 0.1) is 17.0 Å². The highest BCUT2D eigenvalue weighted by Gasteiger charge is 2.11. The van der Waals surface area contributed by atoms with E-state index in [4.69, 9.17) is 10.5 Å². The van der Waals surface area contributed by atoms with Gasteiger partial charge in [0.25, 0.3) is 5.69 Å². The number of anilines is 1. The number of nitrogen functional groups attached to an aromatic ring is 1. The molecule has 18 heavy (non-hydrogen) atoms. The fourth-order valence-corrected chi connectivity index (χ4v) is 1.58. The van der Waals surface area contributed by atoms with Crippen LogP contribution in [-0.4, -0.2) is 4.92 Å². The SMILES string of the molecule is Cc1cccc(Oc2ccc([N+](=O)[O-])c(N)c2)c1. The van der Waals surface area contributed by atoms with E-state index >= 15 is 0 Å². The van der Waals surface area contributed by atoms with Crippen LogP contribution in [0.2, 0.25) is 0 Å². The van der Waals surface area contributed by atoms with Crippen molar-refractivity contribution in [3.63, 3.8) is 0 Å². The predicted octanol–water partition coefficient (Wildman–Crippen LogP) is 3.28. The van der Waals surface area contributed by atoms with Gasteiger partial charge in [0.15, 0.2) is 0 Å². The summed E-state index contributed by atoms with van der Waals surface area (Å²) in [5.41, 5.74) is 6.63. The molecule has 0 aliphatic heterocycles. The minimum Gasteiger partial charge on any atom is -0.457 e. The fraction of sp³-hybridized carbons (Fsp3) is 0.0769. The van der Waals surface area contributed by atoms with Gasteiger partial charge in [0.05, 0.1) is 4.92 Å². The summed E-state index contributed by atoms with van der Waals surface area (Å²) in [6, 6.07) is 11.8. The molecule has 0 bridgehead atoms. The second kappa shape index (κ2) is 4.75. The molecule has 0 saturated carbocycles. The molecule has 92 valence electrons. The maximum absolute atomic E-state index is 10.6. The lowest BCUT2D eigenvalue weighted by atomic mass is 10.2. The van der Waals surface area contributed by atoms with E-state index in [-0.39, 0.29) is 11.4 Å². The first-order valence-electron chi connectivity index (χ1n) is 5.35. The summed E-state index contributed by atoms with van der Waals surface area (Å²) in [4.78, 5) is 10.1. The number of ether oxygens (including phenoxy) is 1. The van der Waals surface area contributed by atoms with Gasteiger partial charge in [-0.2, -0.15) is 0 Å². The van der Waals surface area contributed by atoms with Crippen molar-refractivity contribution in [3.05, 3.63) is 58.1 Å². The lowest BCUT2D eigenvalue weighted by Crippen LogP contribution is -1.96. The minimum atomic E-state index is -0.522. The van der Waals surface area contributed by atoms with Gasteiger partial charge in [-0.25, -0.2) is 0 Å². The largest absolute Gasteiger partial charge is 0.457 e. The van der Waals surface area contributed by atoms with Gasteiger partial charge in [0.2, 0.25) is 0 Å². The van der Waals surface area contributed by atoms with E-state index < -0.39 is 4.92 Å². The van der Waals surface area contributed by atoms with Crippen LogP contribution in [0.4, 0.5) is 11.4 Å². The maximum Gasteiger partial charge on any atom is 0.292 e. The normalized spacial score (nSPS) is 10.1. The van der Waals surface area contributed by atoms with Gasteiger partial charge in [-0.15, -0.1) is 0 Å². The first kappa shape index (κ1) is 11.9. The van der Waals surface area contributed by atoms with Gasteiger partial charge >= 0.3 is 0 Å². The van der Waals surface area contributed by atoms with E-state index in [1.165, 1.54) is 18.2 Å². The molecule has 0 atom stereocenters. The van der Waals surface area contributed by atoms with Gasteiger partial charge in [0.1, 0.15) is 17.2 Å². The molecular formula is C13H12N2O3. The van der Waals surface area contributed by atoms with Gasteiger partial charge in [-0.3, -0.25) is 10.1 Å². The smallest absolute Gasteiger partial charge is 0.292 e. The number of nitrogens with zero attached hydrogens (tertiary/aromatic N) is 1. The van der Waals surface area contributed by atoms with Crippen molar-refractivity contribution in [3.8, 4) is 11.5 Å². The average molecular weight is 244 g/mol. The number of nitrogens with two attached hydrogens (primary N) is 1. The Kier molecular flexibility index (Phi) is 3.14. The Hall–Kier alpha value is -2.56. The van der Waals surface area contributed by atoms with Crippen molar-refractivity contribution in [2.45, 2.75) is 6.92 Å². The van der Waals surface area contributed by atoms with E-state index in [0.717, 1.165) is 5.56 Å². The maximum atomic E-state index is 10.6. The van der Waals surface area contributed by atoms with Crippen molar-refractivity contribution < 1.29 is 9.66 Å². The molecule has 0 saturated heterocycles. The molecule has 0 heterocycles. The van der Waals surface area contributed by atoms with Crippen LogP contribution < -0.4 is 10.5 Å². The first-order chi connectivity index (χ1) is 8.56. The molecule has 2 N–H and O–H groups in total. The third kappa shape index (κ3) is 2.57. The van der Waals surface area contributed by atoms with E-state index in [9.17, 15) is 10.1 Å². The zero-order valence-corrected chi connectivity index (χ0v) is 9.79. The van der Waals surface area contributed by atoms with Crippen LogP contribution in [0.25, 0.3) is 0 Å². The van der Waals surface area contributed by atoms with Crippen molar-refractivity contribution in [2.24, 2.45) is 0 Å². The van der Waals surface area contributed by atoms with Crippen molar-refractivity contribution in [2.75, 3.05) is 5.73 Å². The van der Waals surface area contributed by atoms with Gasteiger partial charge < -0.3 is 10.5 Å². The van der Waals surface area contributed by atoms with Gasteiger partial charge in [-0.05, 0) is 30.7 Å². The summed E-state index contributed by atoms with van der Waals surface area (Å²) < 4.78 is 5.57. The zero-order valence-electron chi connectivity index (χ0n) is 9.79. The molecule has 5 nitrogen and oxygen atoms in total. The number of hydrogen-bond acceptors (Lipinski definition) is 4. The highest BCUT2D eigenvalue weighted by molar-refractivity contribution is 5.61. The Bertz CT molecular complexity index is 597. The molecule has 0 aliphatic rings. The standard InChI is InChI=1S/C13H12N2O3/c1-9-3-2-4-10(7-9)18-11-5-6-13(15(16)17)12(14)8-11/h2-8H,14H2,1H3. The van der Waals surface area contributed by atoms with Gasteiger partial charge in [0, 0.05) is 12.1 Å². The van der Waals surface area contributed by atoms with Crippen LogP contribution in [0.15, 0.2) is 42.5 Å². The number of aryl methyl sites for hydroxylation is 1. The summed E-state index contributed by atoms with van der Waals surface area (Å²) >= 11 is 0. The fourth-order valence-electron chi connectivity index (χ4n) is 1.58. The predicted molar refractivity (Wildman–Crippen MR) is 68.8 cm³/mol. The molecule has 0 unspecified atom stereocenters. The third-order valence-electron chi connectivity index (χ3n) is 2.42. The van der Waals surface area contributed by atoms with E-state index in [0.29, 0.717) is 11.5 Å². The van der Waals surface area contributed by atoms with Crippen LogP contribution in [0.3, 0.4) is 0 Å². The Morgan fingerprint density at radius 3 is 2.50 bits per heavy atom. The summed E-state index contributed by atoms with van der Waals surface area (Å²) in [5.74, 6) is 1.15. The second-order valence-electron chi connectivity index (χ2n) is 3.90. The average Bonchev–Trinajstić information content (AvgIpc) is 2.28. The topological polar surface area (TPSA) is 78.4 Å². The Morgan fingerprint density at radius 1 is 1.17 bits per heavy atom. The molecule has 0 radical (unpaired) electrons. The molecule has 0 aliphatic carbocycles. The Morgan fingerprint density at radius 2 is 1.89 bits per heavy atom. The quantitative estimate of drug-likeness (QED) is 0.510. The highest BCUT2D eigenvalue weighted by Crippen LogP contribution is 2.29. The van der Waals surface area contributed by atoms with Crippen molar-refractivity contribution in [1.29, 1.82) is 0 Å². The number of nitro benzene ring substituents is 1. The van der Waals surface area contributed by atoms with Crippen LogP contribution >= 0.6 is 0 Å². The Labute approximate surface area is 104 Å². The number of hydrogen-bond donors (Lipinski definition) is 1. The molecule has 2 aromatic carbocycles. The van der Waals surface area contributed by atoms with E-state index in [2.05, 4.69) is 0 Å². The number of rotatable bonds is 3. The summed E-state index contributed by atoms with van der Waals surface area (Å²) in [6.07, 6.45) is 0. The second-order valence-corrected chi connectivity index (χ2v) is 3.90. The summed E-state index contributed by atoms with van der Waals surface area (Å²) in [7, 11) is 0. The highest BCUT2D eigenvalue weighted by atomic mass is 16.6. The molecule has 5 heteroatoms. The van der Waals surface area contributed by atoms with Gasteiger partial charge in [-0.1, -0.05) is 12.1 Å². The minimum absolute atomic E-state index is 0.0881.